The van der Waals surface area contributed by atoms with Gasteiger partial charge in [-0.25, -0.2) is 0 Å². The van der Waals surface area contributed by atoms with Crippen molar-refractivity contribution in [2.24, 2.45) is 0 Å². The zero-order valence-electron chi connectivity index (χ0n) is 9.06. The van der Waals surface area contributed by atoms with Gasteiger partial charge in [-0.15, -0.1) is 0 Å². The molecule has 0 radical (unpaired) electrons. The highest BCUT2D eigenvalue weighted by atomic mass is 32.1. The molecular weight excluding hydrogens is 224 g/mol. The van der Waals surface area contributed by atoms with Gasteiger partial charge in [0.15, 0.2) is 4.77 Å². The van der Waals surface area contributed by atoms with Crippen LogP contribution in [0.3, 0.4) is 0 Å². The molecule has 0 fully saturated rings. The fourth-order valence-electron chi connectivity index (χ4n) is 1.50. The molecule has 1 aromatic heterocycles. The van der Waals surface area contributed by atoms with Gasteiger partial charge >= 0.3 is 0 Å². The van der Waals surface area contributed by atoms with Crippen LogP contribution in [0.1, 0.15) is 0 Å². The van der Waals surface area contributed by atoms with Crippen molar-refractivity contribution in [3.05, 3.63) is 35.4 Å². The molecule has 0 saturated carbocycles. The highest BCUT2D eigenvalue weighted by Crippen LogP contribution is 2.27. The van der Waals surface area contributed by atoms with E-state index < -0.39 is 0 Å². The molecule has 16 heavy (non-hydrogen) atoms. The van der Waals surface area contributed by atoms with Gasteiger partial charge in [-0.3, -0.25) is 4.57 Å². The van der Waals surface area contributed by atoms with Crippen LogP contribution in [-0.2, 0) is 0 Å². The van der Waals surface area contributed by atoms with E-state index in [1.165, 1.54) is 0 Å². The van der Waals surface area contributed by atoms with E-state index in [2.05, 4.69) is 4.98 Å². The van der Waals surface area contributed by atoms with Crippen LogP contribution in [-0.4, -0.2) is 23.8 Å². The minimum atomic E-state index is 0.617. The van der Waals surface area contributed by atoms with Gasteiger partial charge in [0.2, 0.25) is 0 Å². The average Bonchev–Trinajstić information content (AvgIpc) is 2.74. The number of hydrogen-bond donors (Lipinski definition) is 1. The second-order valence-corrected chi connectivity index (χ2v) is 3.56. The first-order valence-corrected chi connectivity index (χ1v) is 5.15. The van der Waals surface area contributed by atoms with E-state index in [0.717, 1.165) is 17.2 Å². The summed E-state index contributed by atoms with van der Waals surface area (Å²) in [5.74, 6) is 1.51. The second-order valence-electron chi connectivity index (χ2n) is 3.17. The average molecular weight is 236 g/mol. The molecule has 0 unspecified atom stereocenters. The van der Waals surface area contributed by atoms with Crippen LogP contribution in [0.2, 0.25) is 0 Å². The molecule has 0 aliphatic rings. The predicted octanol–water partition coefficient (Wildman–Crippen LogP) is 2.55. The van der Waals surface area contributed by atoms with Crippen LogP contribution in [0, 0.1) is 4.77 Å². The van der Waals surface area contributed by atoms with E-state index >= 15 is 0 Å². The van der Waals surface area contributed by atoms with Crippen molar-refractivity contribution in [1.82, 2.24) is 9.55 Å². The maximum absolute atomic E-state index is 5.29. The molecule has 1 aromatic carbocycles. The molecule has 1 heterocycles. The van der Waals surface area contributed by atoms with Gasteiger partial charge in [0.25, 0.3) is 0 Å². The lowest BCUT2D eigenvalue weighted by atomic mass is 10.2. The number of aromatic nitrogens is 2. The molecule has 0 amide bonds. The molecule has 1 N–H and O–H groups in total. The summed E-state index contributed by atoms with van der Waals surface area (Å²) in [4.78, 5) is 2.94. The first-order chi connectivity index (χ1) is 7.76. The number of nitrogens with one attached hydrogen (secondary N) is 1. The fraction of sp³-hybridized carbons (Fsp3) is 0.182. The van der Waals surface area contributed by atoms with Crippen molar-refractivity contribution in [3.8, 4) is 17.2 Å². The number of nitrogens with zero attached hydrogens (tertiary/aromatic N) is 1. The Morgan fingerprint density at radius 2 is 2.06 bits per heavy atom. The van der Waals surface area contributed by atoms with Gasteiger partial charge in [-0.2, -0.15) is 0 Å². The van der Waals surface area contributed by atoms with Crippen LogP contribution < -0.4 is 9.47 Å². The van der Waals surface area contributed by atoms with Crippen LogP contribution in [0.25, 0.3) is 5.69 Å². The molecule has 0 bridgehead atoms. The molecule has 2 rings (SSSR count). The molecular formula is C11H12N2O2S. The normalized spacial score (nSPS) is 10.1. The quantitative estimate of drug-likeness (QED) is 0.832. The Balaban J connectivity index is 2.62. The molecule has 4 nitrogen and oxygen atoms in total. The predicted molar refractivity (Wildman–Crippen MR) is 64.1 cm³/mol. The van der Waals surface area contributed by atoms with Crippen molar-refractivity contribution in [2.45, 2.75) is 0 Å². The van der Waals surface area contributed by atoms with E-state index in [4.69, 9.17) is 21.7 Å². The van der Waals surface area contributed by atoms with Gasteiger partial charge in [0.05, 0.1) is 19.9 Å². The third kappa shape index (κ3) is 1.81. The van der Waals surface area contributed by atoms with Crippen LogP contribution >= 0.6 is 12.2 Å². The standard InChI is InChI=1S/C11H12N2O2S/c1-14-8-3-4-10(15-2)9(7-8)13-6-5-12-11(13)16/h3-7H,1-2H3,(H,12,16). The Labute approximate surface area is 98.4 Å². The van der Waals surface area contributed by atoms with E-state index in [0.29, 0.717) is 4.77 Å². The molecule has 0 saturated heterocycles. The Hall–Kier alpha value is -1.75. The summed E-state index contributed by atoms with van der Waals surface area (Å²) in [6, 6.07) is 5.57. The number of aromatic amines is 1. The molecule has 5 heteroatoms. The first-order valence-electron chi connectivity index (χ1n) is 4.74. The Bertz CT molecular complexity index is 545. The van der Waals surface area contributed by atoms with Crippen molar-refractivity contribution < 1.29 is 9.47 Å². The Morgan fingerprint density at radius 1 is 1.25 bits per heavy atom. The molecule has 2 aromatic rings. The van der Waals surface area contributed by atoms with E-state index in [9.17, 15) is 0 Å². The van der Waals surface area contributed by atoms with Crippen LogP contribution in [0.4, 0.5) is 0 Å². The SMILES string of the molecule is COc1ccc(OC)c(-n2cc[nH]c2=S)c1. The molecule has 0 aliphatic carbocycles. The summed E-state index contributed by atoms with van der Waals surface area (Å²) < 4.78 is 12.9. The summed E-state index contributed by atoms with van der Waals surface area (Å²) in [6.07, 6.45) is 3.63. The lowest BCUT2D eigenvalue weighted by molar-refractivity contribution is 0.401. The van der Waals surface area contributed by atoms with E-state index in [1.54, 1.807) is 20.4 Å². The Morgan fingerprint density at radius 3 is 2.62 bits per heavy atom. The molecule has 0 spiro atoms. The van der Waals surface area contributed by atoms with Crippen molar-refractivity contribution in [1.29, 1.82) is 0 Å². The Kier molecular flexibility index (Phi) is 2.96. The van der Waals surface area contributed by atoms with E-state index in [-0.39, 0.29) is 0 Å². The fourth-order valence-corrected chi connectivity index (χ4v) is 1.72. The van der Waals surface area contributed by atoms with Gasteiger partial charge in [0.1, 0.15) is 11.5 Å². The van der Waals surface area contributed by atoms with Gasteiger partial charge in [-0.05, 0) is 24.4 Å². The summed E-state index contributed by atoms with van der Waals surface area (Å²) in [7, 11) is 3.25. The minimum absolute atomic E-state index is 0.617. The van der Waals surface area contributed by atoms with Gasteiger partial charge in [0, 0.05) is 18.5 Å². The monoisotopic (exact) mass is 236 g/mol. The molecule has 0 atom stereocenters. The number of H-pyrrole nitrogens is 1. The lowest BCUT2D eigenvalue weighted by Gasteiger charge is -2.10. The highest BCUT2D eigenvalue weighted by Gasteiger charge is 2.07. The van der Waals surface area contributed by atoms with Crippen LogP contribution in [0.5, 0.6) is 11.5 Å². The maximum atomic E-state index is 5.29. The van der Waals surface area contributed by atoms with Gasteiger partial charge < -0.3 is 14.5 Å². The second kappa shape index (κ2) is 4.40. The summed E-state index contributed by atoms with van der Waals surface area (Å²) in [5, 5.41) is 0. The van der Waals surface area contributed by atoms with E-state index in [1.807, 2.05) is 29.0 Å². The number of ether oxygens (including phenoxy) is 2. The number of imidazole rings is 1. The summed E-state index contributed by atoms with van der Waals surface area (Å²) in [6.45, 7) is 0. The highest BCUT2D eigenvalue weighted by molar-refractivity contribution is 7.71. The first kappa shape index (κ1) is 10.8. The van der Waals surface area contributed by atoms with Crippen molar-refractivity contribution in [3.63, 3.8) is 0 Å². The largest absolute Gasteiger partial charge is 0.497 e. The number of rotatable bonds is 3. The summed E-state index contributed by atoms with van der Waals surface area (Å²) in [5.41, 5.74) is 0.855. The smallest absolute Gasteiger partial charge is 0.181 e. The minimum Gasteiger partial charge on any atom is -0.497 e. The number of benzene rings is 1. The topological polar surface area (TPSA) is 39.2 Å². The van der Waals surface area contributed by atoms with Crippen molar-refractivity contribution in [2.75, 3.05) is 14.2 Å². The number of methoxy groups -OCH3 is 2. The van der Waals surface area contributed by atoms with Crippen LogP contribution in [0.15, 0.2) is 30.6 Å². The molecule has 0 aliphatic heterocycles. The number of hydrogen-bond acceptors (Lipinski definition) is 3. The third-order valence-corrected chi connectivity index (χ3v) is 2.61. The molecule has 84 valence electrons. The maximum Gasteiger partial charge on any atom is 0.181 e. The van der Waals surface area contributed by atoms with Gasteiger partial charge in [-0.1, -0.05) is 0 Å². The lowest BCUT2D eigenvalue weighted by Crippen LogP contribution is -1.97. The summed E-state index contributed by atoms with van der Waals surface area (Å²) >= 11 is 5.17. The zero-order valence-corrected chi connectivity index (χ0v) is 9.88. The third-order valence-electron chi connectivity index (χ3n) is 2.29. The zero-order chi connectivity index (χ0) is 11.5. The van der Waals surface area contributed by atoms with Crippen molar-refractivity contribution >= 4 is 12.2 Å².